The van der Waals surface area contributed by atoms with Crippen LogP contribution in [-0.2, 0) is 32.7 Å². The third kappa shape index (κ3) is 8.65. The number of pyridine rings is 1. The van der Waals surface area contributed by atoms with Crippen LogP contribution in [0.2, 0.25) is 0 Å². The quantitative estimate of drug-likeness (QED) is 0.118. The van der Waals surface area contributed by atoms with Crippen LogP contribution in [0, 0.1) is 0 Å². The number of imidazole rings is 1. The Kier molecular flexibility index (Phi) is 11.2. The Morgan fingerprint density at radius 3 is 2.49 bits per heavy atom. The number of esters is 2. The number of aromatic nitrogens is 3. The number of ether oxygens (including phenoxy) is 2. The maximum Gasteiger partial charge on any atom is 0.307 e. The van der Waals surface area contributed by atoms with E-state index >= 15 is 0 Å². The molecule has 4 rings (SSSR count). The molecule has 1 atom stereocenters. The van der Waals surface area contributed by atoms with Crippen molar-refractivity contribution < 1.29 is 23.9 Å². The summed E-state index contributed by atoms with van der Waals surface area (Å²) >= 11 is 0. The Labute approximate surface area is 262 Å². The Hall–Kier alpha value is -5.26. The van der Waals surface area contributed by atoms with E-state index in [-0.39, 0.29) is 30.7 Å². The van der Waals surface area contributed by atoms with E-state index in [2.05, 4.69) is 15.3 Å². The lowest BCUT2D eigenvalue weighted by Crippen LogP contribution is -2.33. The van der Waals surface area contributed by atoms with Crippen LogP contribution >= 0.6 is 0 Å². The summed E-state index contributed by atoms with van der Waals surface area (Å²) in [7, 11) is 3.23. The summed E-state index contributed by atoms with van der Waals surface area (Å²) < 4.78 is 12.0. The van der Waals surface area contributed by atoms with Crippen molar-refractivity contribution in [2.75, 3.05) is 23.9 Å². The molecule has 0 aliphatic carbocycles. The number of carbonyl (C=O) groups is 3. The molecule has 2 heterocycles. The molecule has 12 heteroatoms. The summed E-state index contributed by atoms with van der Waals surface area (Å²) in [6.07, 6.45) is 3.03. The van der Waals surface area contributed by atoms with Crippen molar-refractivity contribution in [3.8, 4) is 0 Å². The smallest absolute Gasteiger partial charge is 0.307 e. The van der Waals surface area contributed by atoms with Crippen LogP contribution < -0.4 is 16.0 Å². The topological polar surface area (TPSA) is 154 Å². The molecular formula is C33H39N7O5. The first-order chi connectivity index (χ1) is 21.7. The van der Waals surface area contributed by atoms with Gasteiger partial charge in [-0.05, 0) is 67.9 Å². The second-order valence-corrected chi connectivity index (χ2v) is 10.4. The van der Waals surface area contributed by atoms with Crippen LogP contribution in [0.25, 0.3) is 11.0 Å². The summed E-state index contributed by atoms with van der Waals surface area (Å²) in [6.45, 7) is 4.26. The zero-order valence-electron chi connectivity index (χ0n) is 26.0. The van der Waals surface area contributed by atoms with Crippen LogP contribution in [0.5, 0.6) is 0 Å². The van der Waals surface area contributed by atoms with E-state index in [0.29, 0.717) is 35.4 Å². The van der Waals surface area contributed by atoms with Crippen molar-refractivity contribution in [2.45, 2.75) is 52.3 Å². The SMILES string of the molecule is CCCCC(=O)OC(C)/N=C(\N)c1ccc(NCc2nc3cc(C(=O)N(CCC(=O)OC)c4ccccn4)ccc3n2C)cc1. The first-order valence-electron chi connectivity index (χ1n) is 14.8. The summed E-state index contributed by atoms with van der Waals surface area (Å²) in [5.74, 6) is 0.499. The number of aryl methyl sites for hydroxylation is 1. The molecule has 1 amide bonds. The zero-order valence-corrected chi connectivity index (χ0v) is 26.0. The number of rotatable bonds is 14. The zero-order chi connectivity index (χ0) is 32.3. The number of aliphatic imine (C=N–C) groups is 1. The molecule has 3 N–H and O–H groups in total. The van der Waals surface area contributed by atoms with E-state index in [9.17, 15) is 14.4 Å². The lowest BCUT2D eigenvalue weighted by molar-refractivity contribution is -0.148. The number of anilines is 2. The number of methoxy groups -OCH3 is 1. The van der Waals surface area contributed by atoms with Gasteiger partial charge in [-0.25, -0.2) is 15.0 Å². The molecular weight excluding hydrogens is 574 g/mol. The van der Waals surface area contributed by atoms with Crippen LogP contribution in [0.1, 0.15) is 61.3 Å². The van der Waals surface area contributed by atoms with E-state index in [1.807, 2.05) is 48.9 Å². The third-order valence-corrected chi connectivity index (χ3v) is 7.15. The predicted molar refractivity (Wildman–Crippen MR) is 173 cm³/mol. The molecule has 0 saturated heterocycles. The van der Waals surface area contributed by atoms with Crippen LogP contribution in [-0.4, -0.2) is 58.1 Å². The number of hydrogen-bond donors (Lipinski definition) is 2. The average molecular weight is 614 g/mol. The van der Waals surface area contributed by atoms with Gasteiger partial charge in [-0.15, -0.1) is 0 Å². The molecule has 0 fully saturated rings. The highest BCUT2D eigenvalue weighted by Gasteiger charge is 2.21. The number of unbranched alkanes of at least 4 members (excludes halogenated alkanes) is 1. The molecule has 0 aliphatic heterocycles. The molecule has 45 heavy (non-hydrogen) atoms. The Morgan fingerprint density at radius 2 is 1.80 bits per heavy atom. The Bertz CT molecular complexity index is 1650. The van der Waals surface area contributed by atoms with Gasteiger partial charge in [-0.3, -0.25) is 19.3 Å². The molecule has 236 valence electrons. The molecule has 0 spiro atoms. The van der Waals surface area contributed by atoms with Crippen molar-refractivity contribution in [1.29, 1.82) is 0 Å². The van der Waals surface area contributed by atoms with Gasteiger partial charge in [-0.1, -0.05) is 19.4 Å². The van der Waals surface area contributed by atoms with E-state index in [1.54, 1.807) is 43.5 Å². The lowest BCUT2D eigenvalue weighted by atomic mass is 10.1. The minimum Gasteiger partial charge on any atom is -0.469 e. The molecule has 0 saturated carbocycles. The summed E-state index contributed by atoms with van der Waals surface area (Å²) in [4.78, 5) is 52.0. The average Bonchev–Trinajstić information content (AvgIpc) is 3.37. The normalized spacial score (nSPS) is 12.0. The van der Waals surface area contributed by atoms with Gasteiger partial charge in [0.05, 0.1) is 31.1 Å². The van der Waals surface area contributed by atoms with Gasteiger partial charge in [0.25, 0.3) is 5.91 Å². The number of fused-ring (bicyclic) bond motifs is 1. The molecule has 2 aromatic carbocycles. The van der Waals surface area contributed by atoms with Gasteiger partial charge in [0.2, 0.25) is 0 Å². The molecule has 0 aliphatic rings. The van der Waals surface area contributed by atoms with Crippen molar-refractivity contribution in [1.82, 2.24) is 14.5 Å². The van der Waals surface area contributed by atoms with Crippen LogP contribution in [0.15, 0.2) is 71.9 Å². The maximum absolute atomic E-state index is 13.6. The first-order valence-corrected chi connectivity index (χ1v) is 14.8. The van der Waals surface area contributed by atoms with Crippen molar-refractivity contribution >= 4 is 46.2 Å². The Balaban J connectivity index is 1.43. The van der Waals surface area contributed by atoms with Crippen molar-refractivity contribution in [2.24, 2.45) is 17.8 Å². The van der Waals surface area contributed by atoms with Gasteiger partial charge < -0.3 is 25.1 Å². The van der Waals surface area contributed by atoms with E-state index in [0.717, 1.165) is 29.9 Å². The van der Waals surface area contributed by atoms with Crippen LogP contribution in [0.4, 0.5) is 11.5 Å². The first kappa shape index (κ1) is 32.6. The highest BCUT2D eigenvalue weighted by molar-refractivity contribution is 6.07. The van der Waals surface area contributed by atoms with Gasteiger partial charge in [-0.2, -0.15) is 0 Å². The number of amidine groups is 1. The molecule has 0 bridgehead atoms. The summed E-state index contributed by atoms with van der Waals surface area (Å²) in [6, 6.07) is 18.1. The van der Waals surface area contributed by atoms with E-state index < -0.39 is 12.2 Å². The van der Waals surface area contributed by atoms with Crippen molar-refractivity contribution in [3.05, 3.63) is 83.8 Å². The molecule has 0 radical (unpaired) electrons. The maximum atomic E-state index is 13.6. The van der Waals surface area contributed by atoms with Gasteiger partial charge in [0.15, 0.2) is 6.23 Å². The van der Waals surface area contributed by atoms with Crippen molar-refractivity contribution in [3.63, 3.8) is 0 Å². The minimum atomic E-state index is -0.668. The fraction of sp³-hybridized carbons (Fsp3) is 0.333. The fourth-order valence-corrected chi connectivity index (χ4v) is 4.64. The number of nitrogens with two attached hydrogens (primary N) is 1. The minimum absolute atomic E-state index is 0.0362. The molecule has 4 aromatic rings. The highest BCUT2D eigenvalue weighted by Crippen LogP contribution is 2.21. The number of hydrogen-bond acceptors (Lipinski definition) is 9. The standard InChI is InChI=1S/C33H39N7O5/c1-5-6-10-31(42)45-22(2)37-32(34)23-11-14-25(15-12-23)36-21-29-38-26-20-24(13-16-27(26)39(29)3)33(43)40(19-17-30(41)44-4)28-9-7-8-18-35-28/h7-9,11-16,18,20,22,36H,5-6,10,17,19,21H2,1-4H3,(H2,34,37). The molecule has 12 nitrogen and oxygen atoms in total. The summed E-state index contributed by atoms with van der Waals surface area (Å²) in [5.41, 5.74) is 9.67. The van der Waals surface area contributed by atoms with E-state index in [4.69, 9.17) is 20.2 Å². The van der Waals surface area contributed by atoms with Gasteiger partial charge >= 0.3 is 11.9 Å². The molecule has 2 aromatic heterocycles. The largest absolute Gasteiger partial charge is 0.469 e. The number of nitrogens with one attached hydrogen (secondary N) is 1. The Morgan fingerprint density at radius 1 is 1.04 bits per heavy atom. The second kappa shape index (κ2) is 15.5. The highest BCUT2D eigenvalue weighted by atomic mass is 16.6. The summed E-state index contributed by atoms with van der Waals surface area (Å²) in [5, 5.41) is 3.36. The monoisotopic (exact) mass is 613 g/mol. The van der Waals surface area contributed by atoms with Gasteiger partial charge in [0.1, 0.15) is 17.5 Å². The third-order valence-electron chi connectivity index (χ3n) is 7.15. The number of nitrogens with zero attached hydrogens (tertiary/aromatic N) is 5. The predicted octanol–water partition coefficient (Wildman–Crippen LogP) is 4.58. The van der Waals surface area contributed by atoms with E-state index in [1.165, 1.54) is 12.0 Å². The lowest BCUT2D eigenvalue weighted by Gasteiger charge is -2.21. The van der Waals surface area contributed by atoms with Gasteiger partial charge in [0, 0.05) is 43.0 Å². The number of carbonyl (C=O) groups excluding carboxylic acids is 3. The number of amides is 1. The molecule has 1 unspecified atom stereocenters. The fourth-order valence-electron chi connectivity index (χ4n) is 4.64. The van der Waals surface area contributed by atoms with Crippen LogP contribution in [0.3, 0.4) is 0 Å². The number of benzene rings is 2. The second-order valence-electron chi connectivity index (χ2n) is 10.4.